The van der Waals surface area contributed by atoms with Gasteiger partial charge in [0.2, 0.25) is 0 Å². The first-order chi connectivity index (χ1) is 9.67. The van der Waals surface area contributed by atoms with Gasteiger partial charge < -0.3 is 9.64 Å². The molecule has 1 heterocycles. The molecule has 104 valence electrons. The summed E-state index contributed by atoms with van der Waals surface area (Å²) in [5.41, 5.74) is 0.463. The predicted molar refractivity (Wildman–Crippen MR) is 69.7 cm³/mol. The average Bonchev–Trinajstić information content (AvgIpc) is 3.04. The Bertz CT molecular complexity index is 603. The molecule has 2 aliphatic rings. The van der Waals surface area contributed by atoms with Crippen molar-refractivity contribution in [1.29, 1.82) is 5.26 Å². The van der Waals surface area contributed by atoms with Gasteiger partial charge in [0.1, 0.15) is 17.6 Å². The molecule has 1 amide bonds. The van der Waals surface area contributed by atoms with E-state index in [0.717, 1.165) is 25.7 Å². The number of nitriles is 1. The van der Waals surface area contributed by atoms with Crippen LogP contribution in [0.15, 0.2) is 12.1 Å². The molecule has 0 spiro atoms. The third-order valence-electron chi connectivity index (χ3n) is 4.19. The third kappa shape index (κ3) is 1.75. The van der Waals surface area contributed by atoms with Gasteiger partial charge in [0.05, 0.1) is 18.7 Å². The number of methoxy groups -OCH3 is 1. The van der Waals surface area contributed by atoms with Gasteiger partial charge in [-0.25, -0.2) is 4.39 Å². The highest BCUT2D eigenvalue weighted by Gasteiger charge is 2.43. The van der Waals surface area contributed by atoms with Gasteiger partial charge >= 0.3 is 0 Å². The lowest BCUT2D eigenvalue weighted by atomic mass is 10.0. The van der Waals surface area contributed by atoms with Crippen molar-refractivity contribution in [1.82, 2.24) is 4.90 Å². The topological polar surface area (TPSA) is 53.3 Å². The zero-order chi connectivity index (χ0) is 14.3. The number of hydrogen-bond donors (Lipinski definition) is 0. The zero-order valence-electron chi connectivity index (χ0n) is 11.2. The van der Waals surface area contributed by atoms with Crippen molar-refractivity contribution in [3.63, 3.8) is 0 Å². The van der Waals surface area contributed by atoms with Crippen molar-refractivity contribution in [2.45, 2.75) is 37.8 Å². The molecule has 3 rings (SSSR count). The van der Waals surface area contributed by atoms with E-state index < -0.39 is 11.9 Å². The Balaban J connectivity index is 2.09. The molecular formula is C15H15FN2O2. The highest BCUT2D eigenvalue weighted by atomic mass is 19.1. The second-order valence-electron chi connectivity index (χ2n) is 5.26. The van der Waals surface area contributed by atoms with Gasteiger partial charge in [-0.05, 0) is 18.9 Å². The summed E-state index contributed by atoms with van der Waals surface area (Å²) in [5, 5.41) is 9.41. The Morgan fingerprint density at radius 2 is 2.10 bits per heavy atom. The lowest BCUT2D eigenvalue weighted by molar-refractivity contribution is 0.0674. The molecule has 1 aliphatic carbocycles. The van der Waals surface area contributed by atoms with Crippen LogP contribution >= 0.6 is 0 Å². The quantitative estimate of drug-likeness (QED) is 0.833. The second-order valence-corrected chi connectivity index (χ2v) is 5.26. The molecule has 5 heteroatoms. The molecule has 1 aromatic rings. The number of amides is 1. The molecule has 1 unspecified atom stereocenters. The van der Waals surface area contributed by atoms with E-state index in [9.17, 15) is 14.4 Å². The molecule has 0 bridgehead atoms. The van der Waals surface area contributed by atoms with Gasteiger partial charge in [-0.15, -0.1) is 0 Å². The molecule has 1 fully saturated rings. The van der Waals surface area contributed by atoms with Crippen molar-refractivity contribution in [3.05, 3.63) is 29.1 Å². The van der Waals surface area contributed by atoms with E-state index in [1.54, 1.807) is 11.0 Å². The summed E-state index contributed by atoms with van der Waals surface area (Å²) < 4.78 is 19.2. The fourth-order valence-corrected chi connectivity index (χ4v) is 3.25. The molecule has 20 heavy (non-hydrogen) atoms. The average molecular weight is 274 g/mol. The number of hydrogen-bond acceptors (Lipinski definition) is 3. The Kier molecular flexibility index (Phi) is 3.09. The van der Waals surface area contributed by atoms with Crippen molar-refractivity contribution in [3.8, 4) is 11.8 Å². The Morgan fingerprint density at radius 1 is 1.40 bits per heavy atom. The lowest BCUT2D eigenvalue weighted by Gasteiger charge is -2.26. The molecule has 1 aromatic carbocycles. The minimum atomic E-state index is -0.704. The van der Waals surface area contributed by atoms with Gasteiger partial charge in [-0.2, -0.15) is 5.26 Å². The minimum absolute atomic E-state index is 0.0317. The van der Waals surface area contributed by atoms with Crippen LogP contribution in [0.2, 0.25) is 0 Å². The van der Waals surface area contributed by atoms with E-state index in [0.29, 0.717) is 11.3 Å². The number of rotatable bonds is 2. The van der Waals surface area contributed by atoms with Gasteiger partial charge in [0.25, 0.3) is 5.91 Å². The van der Waals surface area contributed by atoms with E-state index in [1.165, 1.54) is 13.2 Å². The summed E-state index contributed by atoms with van der Waals surface area (Å²) in [5.74, 6) is -0.633. The molecule has 0 N–H and O–H groups in total. The Morgan fingerprint density at radius 3 is 2.70 bits per heavy atom. The van der Waals surface area contributed by atoms with Crippen LogP contribution in [0.3, 0.4) is 0 Å². The van der Waals surface area contributed by atoms with E-state index >= 15 is 0 Å². The van der Waals surface area contributed by atoms with Gasteiger partial charge in [0, 0.05) is 17.7 Å². The van der Waals surface area contributed by atoms with Gasteiger partial charge in [-0.1, -0.05) is 12.8 Å². The Hall–Kier alpha value is -2.09. The smallest absolute Gasteiger partial charge is 0.258 e. The molecule has 4 nitrogen and oxygen atoms in total. The first kappa shape index (κ1) is 12.9. The highest BCUT2D eigenvalue weighted by Crippen LogP contribution is 2.41. The number of carbonyl (C=O) groups excluding carboxylic acids is 1. The maximum Gasteiger partial charge on any atom is 0.258 e. The number of fused-ring (bicyclic) bond motifs is 1. The van der Waals surface area contributed by atoms with Crippen molar-refractivity contribution in [2.75, 3.05) is 7.11 Å². The van der Waals surface area contributed by atoms with E-state index in [4.69, 9.17) is 4.74 Å². The van der Waals surface area contributed by atoms with Gasteiger partial charge in [-0.3, -0.25) is 4.79 Å². The summed E-state index contributed by atoms with van der Waals surface area (Å²) >= 11 is 0. The first-order valence-electron chi connectivity index (χ1n) is 6.77. The maximum absolute atomic E-state index is 14.1. The van der Waals surface area contributed by atoms with Gasteiger partial charge in [0.15, 0.2) is 0 Å². The number of ether oxygens (including phenoxy) is 1. The van der Waals surface area contributed by atoms with E-state index in [1.807, 2.05) is 0 Å². The van der Waals surface area contributed by atoms with Crippen LogP contribution in [0.25, 0.3) is 0 Å². The maximum atomic E-state index is 14.1. The van der Waals surface area contributed by atoms with E-state index in [-0.39, 0.29) is 17.5 Å². The molecule has 1 aliphatic heterocycles. The lowest BCUT2D eigenvalue weighted by Crippen LogP contribution is -2.36. The number of carbonyl (C=O) groups is 1. The minimum Gasteiger partial charge on any atom is -0.497 e. The second kappa shape index (κ2) is 4.78. The fourth-order valence-electron chi connectivity index (χ4n) is 3.25. The summed E-state index contributed by atoms with van der Waals surface area (Å²) in [6.07, 6.45) is 3.87. The molecule has 1 atom stereocenters. The summed E-state index contributed by atoms with van der Waals surface area (Å²) in [6, 6.07) is 4.28. The Labute approximate surface area is 116 Å². The van der Waals surface area contributed by atoms with Crippen LogP contribution in [-0.4, -0.2) is 24.0 Å². The van der Waals surface area contributed by atoms with Crippen molar-refractivity contribution >= 4 is 5.91 Å². The van der Waals surface area contributed by atoms with Crippen molar-refractivity contribution < 1.29 is 13.9 Å². The van der Waals surface area contributed by atoms with Crippen LogP contribution < -0.4 is 4.74 Å². The number of benzene rings is 1. The third-order valence-corrected chi connectivity index (χ3v) is 4.19. The molecule has 0 aromatic heterocycles. The van der Waals surface area contributed by atoms with Crippen LogP contribution in [0.1, 0.15) is 47.6 Å². The molecular weight excluding hydrogens is 259 g/mol. The first-order valence-corrected chi connectivity index (χ1v) is 6.77. The number of halogens is 1. The summed E-state index contributed by atoms with van der Waals surface area (Å²) in [7, 11) is 1.44. The summed E-state index contributed by atoms with van der Waals surface area (Å²) in [4.78, 5) is 14.0. The molecule has 0 radical (unpaired) electrons. The van der Waals surface area contributed by atoms with Crippen LogP contribution in [0.5, 0.6) is 5.75 Å². The predicted octanol–water partition coefficient (Wildman–Crippen LogP) is 2.80. The number of nitrogens with zero attached hydrogens (tertiary/aromatic N) is 2. The van der Waals surface area contributed by atoms with E-state index in [2.05, 4.69) is 6.07 Å². The zero-order valence-corrected chi connectivity index (χ0v) is 11.2. The van der Waals surface area contributed by atoms with Crippen molar-refractivity contribution in [2.24, 2.45) is 0 Å². The normalized spacial score (nSPS) is 21.9. The standard InChI is InChI=1S/C15H15FN2O2/c1-20-10-6-11-13(8-17)18(9-4-2-3-5-9)15(19)14(11)12(16)7-10/h6-7,9,13H,2-5H2,1H3. The highest BCUT2D eigenvalue weighted by molar-refractivity contribution is 6.00. The van der Waals surface area contributed by atoms with Crippen LogP contribution in [0, 0.1) is 17.1 Å². The largest absolute Gasteiger partial charge is 0.497 e. The summed E-state index contributed by atoms with van der Waals surface area (Å²) in [6.45, 7) is 0. The SMILES string of the molecule is COc1cc(F)c2c(c1)C(C#N)N(C1CCCC1)C2=O. The fraction of sp³-hybridized carbons (Fsp3) is 0.467. The molecule has 0 saturated heterocycles. The monoisotopic (exact) mass is 274 g/mol. The van der Waals surface area contributed by atoms with Crippen LogP contribution in [-0.2, 0) is 0 Å². The molecule has 1 saturated carbocycles. The van der Waals surface area contributed by atoms with Crippen LogP contribution in [0.4, 0.5) is 4.39 Å².